The van der Waals surface area contributed by atoms with Gasteiger partial charge < -0.3 is 19.7 Å². The second-order valence-electron chi connectivity index (χ2n) is 3.65. The molecular formula is C14H18O4. The lowest BCUT2D eigenvalue weighted by molar-refractivity contribution is -0.117. The largest absolute Gasteiger partial charge is 0.508 e. The third-order valence-corrected chi connectivity index (χ3v) is 2.24. The van der Waals surface area contributed by atoms with Crippen LogP contribution in [0.15, 0.2) is 24.3 Å². The molecule has 4 heteroatoms. The van der Waals surface area contributed by atoms with Crippen LogP contribution in [0.5, 0.6) is 5.75 Å². The Kier molecular flexibility index (Phi) is 6.23. The van der Waals surface area contributed by atoms with Crippen LogP contribution in [0, 0.1) is 11.8 Å². The molecular weight excluding hydrogens is 232 g/mol. The van der Waals surface area contributed by atoms with Crippen molar-refractivity contribution < 1.29 is 19.7 Å². The van der Waals surface area contributed by atoms with E-state index in [1.807, 2.05) is 6.92 Å². The number of phenolic OH excluding ortho intramolecular Hbond substituents is 1. The standard InChI is InChI=1S/C14H18O4/c1-3-17-11(2)18-10-4-5-14(16)12-6-8-13(15)9-7-12/h6-9,11,14-16H,3,10H2,1-2H3. The monoisotopic (exact) mass is 250 g/mol. The number of hydrogen-bond donors (Lipinski definition) is 2. The molecule has 0 radical (unpaired) electrons. The molecule has 0 aliphatic rings. The topological polar surface area (TPSA) is 58.9 Å². The predicted octanol–water partition coefficient (Wildman–Crippen LogP) is 1.83. The molecule has 0 amide bonds. The summed E-state index contributed by atoms with van der Waals surface area (Å²) in [6.45, 7) is 4.47. The Morgan fingerprint density at radius 3 is 2.50 bits per heavy atom. The van der Waals surface area contributed by atoms with E-state index in [0.717, 1.165) is 0 Å². The van der Waals surface area contributed by atoms with E-state index in [2.05, 4.69) is 11.8 Å². The van der Waals surface area contributed by atoms with Crippen molar-refractivity contribution in [2.45, 2.75) is 26.2 Å². The molecule has 0 aliphatic heterocycles. The Bertz CT molecular complexity index is 402. The molecule has 2 N–H and O–H groups in total. The Balaban J connectivity index is 2.40. The van der Waals surface area contributed by atoms with Crippen LogP contribution in [-0.4, -0.2) is 29.7 Å². The van der Waals surface area contributed by atoms with Gasteiger partial charge in [0.05, 0.1) is 0 Å². The summed E-state index contributed by atoms with van der Waals surface area (Å²) in [6, 6.07) is 6.26. The Hall–Kier alpha value is -1.54. The van der Waals surface area contributed by atoms with E-state index >= 15 is 0 Å². The zero-order chi connectivity index (χ0) is 13.4. The molecule has 1 aromatic rings. The summed E-state index contributed by atoms with van der Waals surface area (Å²) in [5.41, 5.74) is 0.637. The fourth-order valence-corrected chi connectivity index (χ4v) is 1.32. The highest BCUT2D eigenvalue weighted by molar-refractivity contribution is 5.30. The molecule has 2 unspecified atom stereocenters. The molecule has 0 aromatic heterocycles. The van der Waals surface area contributed by atoms with E-state index in [4.69, 9.17) is 14.6 Å². The second-order valence-corrected chi connectivity index (χ2v) is 3.65. The van der Waals surface area contributed by atoms with Gasteiger partial charge in [-0.1, -0.05) is 24.0 Å². The quantitative estimate of drug-likeness (QED) is 0.618. The number of aliphatic hydroxyl groups is 1. The lowest BCUT2D eigenvalue weighted by Crippen LogP contribution is -2.12. The number of aromatic hydroxyl groups is 1. The molecule has 1 rings (SSSR count). The highest BCUT2D eigenvalue weighted by Crippen LogP contribution is 2.15. The van der Waals surface area contributed by atoms with Crippen molar-refractivity contribution in [2.75, 3.05) is 13.2 Å². The summed E-state index contributed by atoms with van der Waals surface area (Å²) >= 11 is 0. The number of rotatable bonds is 5. The Morgan fingerprint density at radius 2 is 1.89 bits per heavy atom. The van der Waals surface area contributed by atoms with Crippen molar-refractivity contribution in [3.05, 3.63) is 29.8 Å². The fraction of sp³-hybridized carbons (Fsp3) is 0.429. The van der Waals surface area contributed by atoms with Gasteiger partial charge in [0, 0.05) is 6.61 Å². The first-order valence-electron chi connectivity index (χ1n) is 5.82. The van der Waals surface area contributed by atoms with Crippen LogP contribution in [-0.2, 0) is 9.47 Å². The van der Waals surface area contributed by atoms with Crippen LogP contribution < -0.4 is 0 Å². The van der Waals surface area contributed by atoms with Crippen LogP contribution in [0.4, 0.5) is 0 Å². The van der Waals surface area contributed by atoms with Crippen LogP contribution in [0.2, 0.25) is 0 Å². The van der Waals surface area contributed by atoms with E-state index in [9.17, 15) is 5.11 Å². The van der Waals surface area contributed by atoms with Crippen molar-refractivity contribution in [2.24, 2.45) is 0 Å². The van der Waals surface area contributed by atoms with Crippen molar-refractivity contribution in [1.29, 1.82) is 0 Å². The van der Waals surface area contributed by atoms with Crippen LogP contribution in [0.3, 0.4) is 0 Å². The van der Waals surface area contributed by atoms with E-state index in [1.165, 1.54) is 12.1 Å². The van der Waals surface area contributed by atoms with Gasteiger partial charge in [-0.2, -0.15) is 0 Å². The maximum atomic E-state index is 9.74. The minimum atomic E-state index is -0.878. The number of hydrogen-bond acceptors (Lipinski definition) is 4. The van der Waals surface area contributed by atoms with Gasteiger partial charge in [-0.25, -0.2) is 0 Å². The van der Waals surface area contributed by atoms with Gasteiger partial charge in [0.25, 0.3) is 0 Å². The third-order valence-electron chi connectivity index (χ3n) is 2.24. The molecule has 98 valence electrons. The first-order chi connectivity index (χ1) is 8.63. The fourth-order valence-electron chi connectivity index (χ4n) is 1.32. The minimum absolute atomic E-state index is 0.160. The summed E-state index contributed by atoms with van der Waals surface area (Å²) in [6.07, 6.45) is -1.17. The maximum Gasteiger partial charge on any atom is 0.156 e. The summed E-state index contributed by atoms with van der Waals surface area (Å²) in [7, 11) is 0. The number of phenols is 1. The van der Waals surface area contributed by atoms with E-state index < -0.39 is 6.10 Å². The smallest absolute Gasteiger partial charge is 0.156 e. The van der Waals surface area contributed by atoms with Crippen LogP contribution >= 0.6 is 0 Å². The van der Waals surface area contributed by atoms with Crippen molar-refractivity contribution in [3.8, 4) is 17.6 Å². The number of aliphatic hydroxyl groups excluding tert-OH is 1. The lowest BCUT2D eigenvalue weighted by Gasteiger charge is -2.09. The van der Waals surface area contributed by atoms with Gasteiger partial charge in [-0.3, -0.25) is 0 Å². The SMILES string of the molecule is CCOC(C)OCC#CC(O)c1ccc(O)cc1. The summed E-state index contributed by atoms with van der Waals surface area (Å²) < 4.78 is 10.4. The molecule has 2 atom stereocenters. The van der Waals surface area contributed by atoms with Gasteiger partial charge in [-0.05, 0) is 31.5 Å². The summed E-state index contributed by atoms with van der Waals surface area (Å²) in [5, 5.41) is 18.9. The predicted molar refractivity (Wildman–Crippen MR) is 67.9 cm³/mol. The van der Waals surface area contributed by atoms with Crippen LogP contribution in [0.25, 0.3) is 0 Å². The minimum Gasteiger partial charge on any atom is -0.508 e. The molecule has 0 aliphatic carbocycles. The lowest BCUT2D eigenvalue weighted by atomic mass is 10.1. The van der Waals surface area contributed by atoms with Crippen LogP contribution in [0.1, 0.15) is 25.5 Å². The van der Waals surface area contributed by atoms with E-state index in [1.54, 1.807) is 19.1 Å². The maximum absolute atomic E-state index is 9.74. The number of benzene rings is 1. The molecule has 0 saturated carbocycles. The average Bonchev–Trinajstić information content (AvgIpc) is 2.35. The molecule has 18 heavy (non-hydrogen) atoms. The summed E-state index contributed by atoms with van der Waals surface area (Å²) in [4.78, 5) is 0. The Labute approximate surface area is 107 Å². The van der Waals surface area contributed by atoms with E-state index in [0.29, 0.717) is 12.2 Å². The zero-order valence-corrected chi connectivity index (χ0v) is 10.6. The second kappa shape index (κ2) is 7.72. The molecule has 1 aromatic carbocycles. The average molecular weight is 250 g/mol. The van der Waals surface area contributed by atoms with Crippen molar-refractivity contribution in [1.82, 2.24) is 0 Å². The van der Waals surface area contributed by atoms with Gasteiger partial charge in [0.2, 0.25) is 0 Å². The number of ether oxygens (including phenoxy) is 2. The molecule has 0 saturated heterocycles. The van der Waals surface area contributed by atoms with Gasteiger partial charge in [-0.15, -0.1) is 0 Å². The normalized spacial score (nSPS) is 13.5. The molecule has 0 heterocycles. The zero-order valence-electron chi connectivity index (χ0n) is 10.6. The molecule has 0 spiro atoms. The first-order valence-corrected chi connectivity index (χ1v) is 5.82. The highest BCUT2D eigenvalue weighted by Gasteiger charge is 2.03. The van der Waals surface area contributed by atoms with E-state index in [-0.39, 0.29) is 18.6 Å². The molecule has 0 bridgehead atoms. The van der Waals surface area contributed by atoms with Gasteiger partial charge in [0.1, 0.15) is 18.5 Å². The Morgan fingerprint density at radius 1 is 1.22 bits per heavy atom. The third kappa shape index (κ3) is 5.19. The van der Waals surface area contributed by atoms with Gasteiger partial charge in [0.15, 0.2) is 6.29 Å². The van der Waals surface area contributed by atoms with Crippen molar-refractivity contribution >= 4 is 0 Å². The first kappa shape index (κ1) is 14.5. The molecule has 0 fully saturated rings. The van der Waals surface area contributed by atoms with Gasteiger partial charge >= 0.3 is 0 Å². The summed E-state index contributed by atoms with van der Waals surface area (Å²) in [5.74, 6) is 5.54. The van der Waals surface area contributed by atoms with Crippen molar-refractivity contribution in [3.63, 3.8) is 0 Å². The molecule has 4 nitrogen and oxygen atoms in total. The highest BCUT2D eigenvalue weighted by atomic mass is 16.7.